The molecule has 6 heteroatoms. The first-order chi connectivity index (χ1) is 9.08. The summed E-state index contributed by atoms with van der Waals surface area (Å²) in [6.07, 6.45) is 4.42. The molecule has 2 aromatic rings. The van der Waals surface area contributed by atoms with Crippen LogP contribution in [0.5, 0.6) is 0 Å². The number of rotatable bonds is 4. The van der Waals surface area contributed by atoms with E-state index < -0.39 is 0 Å². The highest BCUT2D eigenvalue weighted by molar-refractivity contribution is 6.33. The maximum Gasteiger partial charge on any atom is 0.253 e. The van der Waals surface area contributed by atoms with Crippen molar-refractivity contribution in [1.82, 2.24) is 15.1 Å². The fourth-order valence-electron chi connectivity index (χ4n) is 1.75. The standard InChI is InChI=1S/C13H15ClN4O/c1-18-8-9(7-17-18)5-6-16-13(19)10-3-2-4-11(14)12(10)15/h2-4,7-8H,5-6,15H2,1H3,(H,16,19). The van der Waals surface area contributed by atoms with Crippen molar-refractivity contribution in [3.05, 3.63) is 46.7 Å². The molecule has 2 rings (SSSR count). The van der Waals surface area contributed by atoms with Crippen LogP contribution in [-0.2, 0) is 13.5 Å². The molecule has 0 aliphatic heterocycles. The van der Waals surface area contributed by atoms with Gasteiger partial charge in [0, 0.05) is 19.8 Å². The van der Waals surface area contributed by atoms with Gasteiger partial charge in [-0.15, -0.1) is 0 Å². The number of amides is 1. The molecule has 0 radical (unpaired) electrons. The maximum absolute atomic E-state index is 11.9. The number of carbonyl (C=O) groups is 1. The van der Waals surface area contributed by atoms with Crippen molar-refractivity contribution < 1.29 is 4.79 Å². The summed E-state index contributed by atoms with van der Waals surface area (Å²) in [5.41, 5.74) is 7.54. The molecule has 19 heavy (non-hydrogen) atoms. The van der Waals surface area contributed by atoms with E-state index in [4.69, 9.17) is 17.3 Å². The van der Waals surface area contributed by atoms with Gasteiger partial charge in [0.25, 0.3) is 5.91 Å². The smallest absolute Gasteiger partial charge is 0.253 e. The van der Waals surface area contributed by atoms with Crippen LogP contribution in [0.25, 0.3) is 0 Å². The molecule has 0 saturated heterocycles. The molecule has 0 unspecified atom stereocenters. The van der Waals surface area contributed by atoms with Gasteiger partial charge in [-0.25, -0.2) is 0 Å². The van der Waals surface area contributed by atoms with E-state index in [1.165, 1.54) is 0 Å². The van der Waals surface area contributed by atoms with Crippen molar-refractivity contribution in [2.75, 3.05) is 12.3 Å². The highest BCUT2D eigenvalue weighted by Crippen LogP contribution is 2.22. The van der Waals surface area contributed by atoms with Crippen LogP contribution in [0.4, 0.5) is 5.69 Å². The predicted octanol–water partition coefficient (Wildman–Crippen LogP) is 1.63. The molecule has 0 aliphatic carbocycles. The Labute approximate surface area is 116 Å². The quantitative estimate of drug-likeness (QED) is 0.835. The Hall–Kier alpha value is -2.01. The van der Waals surface area contributed by atoms with Gasteiger partial charge in [0.05, 0.1) is 22.5 Å². The summed E-state index contributed by atoms with van der Waals surface area (Å²) in [5.74, 6) is -0.219. The molecule has 3 N–H and O–H groups in total. The molecular formula is C13H15ClN4O. The summed E-state index contributed by atoms with van der Waals surface area (Å²) >= 11 is 5.87. The number of halogens is 1. The average Bonchev–Trinajstić information content (AvgIpc) is 2.78. The molecule has 0 bridgehead atoms. The third-order valence-electron chi connectivity index (χ3n) is 2.76. The number of anilines is 1. The zero-order valence-electron chi connectivity index (χ0n) is 10.6. The fourth-order valence-corrected chi connectivity index (χ4v) is 1.93. The minimum Gasteiger partial charge on any atom is -0.397 e. The number of carbonyl (C=O) groups excluding carboxylic acids is 1. The highest BCUT2D eigenvalue weighted by Gasteiger charge is 2.11. The lowest BCUT2D eigenvalue weighted by Gasteiger charge is -2.07. The summed E-state index contributed by atoms with van der Waals surface area (Å²) in [7, 11) is 1.86. The summed E-state index contributed by atoms with van der Waals surface area (Å²) in [6, 6.07) is 5.01. The number of hydrogen-bond acceptors (Lipinski definition) is 3. The van der Waals surface area contributed by atoms with Crippen LogP contribution in [0.1, 0.15) is 15.9 Å². The van der Waals surface area contributed by atoms with E-state index in [1.807, 2.05) is 13.2 Å². The number of aromatic nitrogens is 2. The van der Waals surface area contributed by atoms with Crippen molar-refractivity contribution >= 4 is 23.2 Å². The van der Waals surface area contributed by atoms with Crippen molar-refractivity contribution in [3.8, 4) is 0 Å². The third kappa shape index (κ3) is 3.26. The second-order valence-corrected chi connectivity index (χ2v) is 4.64. The number of benzene rings is 1. The Morgan fingerprint density at radius 1 is 1.53 bits per heavy atom. The number of para-hydroxylation sites is 1. The molecule has 1 aromatic heterocycles. The van der Waals surface area contributed by atoms with Gasteiger partial charge in [0.2, 0.25) is 0 Å². The normalized spacial score (nSPS) is 10.4. The molecule has 0 spiro atoms. The second kappa shape index (κ2) is 5.75. The number of nitrogens with zero attached hydrogens (tertiary/aromatic N) is 2. The van der Waals surface area contributed by atoms with Crippen molar-refractivity contribution in [2.24, 2.45) is 7.05 Å². The first-order valence-corrected chi connectivity index (χ1v) is 6.25. The van der Waals surface area contributed by atoms with E-state index in [1.54, 1.807) is 29.1 Å². The van der Waals surface area contributed by atoms with E-state index in [-0.39, 0.29) is 5.91 Å². The van der Waals surface area contributed by atoms with Gasteiger partial charge in [-0.2, -0.15) is 5.10 Å². The van der Waals surface area contributed by atoms with Crippen LogP contribution in [0.15, 0.2) is 30.6 Å². The molecule has 0 fully saturated rings. The minimum atomic E-state index is -0.219. The van der Waals surface area contributed by atoms with Crippen LogP contribution in [0, 0.1) is 0 Å². The molecule has 5 nitrogen and oxygen atoms in total. The Morgan fingerprint density at radius 3 is 3.00 bits per heavy atom. The first-order valence-electron chi connectivity index (χ1n) is 5.87. The Morgan fingerprint density at radius 2 is 2.32 bits per heavy atom. The summed E-state index contributed by atoms with van der Waals surface area (Å²) < 4.78 is 1.73. The second-order valence-electron chi connectivity index (χ2n) is 4.23. The Bertz CT molecular complexity index is 594. The molecule has 100 valence electrons. The van der Waals surface area contributed by atoms with E-state index in [0.29, 0.717) is 22.8 Å². The van der Waals surface area contributed by atoms with Crippen molar-refractivity contribution in [3.63, 3.8) is 0 Å². The summed E-state index contributed by atoms with van der Waals surface area (Å²) in [6.45, 7) is 0.524. The van der Waals surface area contributed by atoms with Crippen LogP contribution in [-0.4, -0.2) is 22.2 Å². The molecule has 0 saturated carbocycles. The lowest BCUT2D eigenvalue weighted by molar-refractivity contribution is 0.0955. The largest absolute Gasteiger partial charge is 0.397 e. The first kappa shape index (κ1) is 13.4. The third-order valence-corrected chi connectivity index (χ3v) is 3.08. The van der Waals surface area contributed by atoms with E-state index >= 15 is 0 Å². The van der Waals surface area contributed by atoms with Gasteiger partial charge in [-0.1, -0.05) is 17.7 Å². The number of nitrogens with two attached hydrogens (primary N) is 1. The van der Waals surface area contributed by atoms with Gasteiger partial charge in [-0.3, -0.25) is 9.48 Å². The number of hydrogen-bond donors (Lipinski definition) is 2. The zero-order valence-corrected chi connectivity index (χ0v) is 11.3. The van der Waals surface area contributed by atoms with E-state index in [9.17, 15) is 4.79 Å². The molecular weight excluding hydrogens is 264 g/mol. The number of nitrogens with one attached hydrogen (secondary N) is 1. The van der Waals surface area contributed by atoms with Crippen molar-refractivity contribution in [2.45, 2.75) is 6.42 Å². The molecule has 1 aromatic carbocycles. The van der Waals surface area contributed by atoms with E-state index in [0.717, 1.165) is 12.0 Å². The van der Waals surface area contributed by atoms with Gasteiger partial charge < -0.3 is 11.1 Å². The molecule has 0 atom stereocenters. The summed E-state index contributed by atoms with van der Waals surface area (Å²) in [5, 5.41) is 7.26. The predicted molar refractivity (Wildman–Crippen MR) is 75.1 cm³/mol. The summed E-state index contributed by atoms with van der Waals surface area (Å²) in [4.78, 5) is 11.9. The van der Waals surface area contributed by atoms with E-state index in [2.05, 4.69) is 10.4 Å². The van der Waals surface area contributed by atoms with Gasteiger partial charge in [0.1, 0.15) is 0 Å². The van der Waals surface area contributed by atoms with Gasteiger partial charge in [-0.05, 0) is 24.1 Å². The fraction of sp³-hybridized carbons (Fsp3) is 0.231. The van der Waals surface area contributed by atoms with Crippen LogP contribution in [0.3, 0.4) is 0 Å². The Kier molecular flexibility index (Phi) is 4.06. The zero-order chi connectivity index (χ0) is 13.8. The number of nitrogen functional groups attached to an aromatic ring is 1. The van der Waals surface area contributed by atoms with Gasteiger partial charge >= 0.3 is 0 Å². The Balaban J connectivity index is 1.93. The molecule has 0 aliphatic rings. The molecule has 1 amide bonds. The van der Waals surface area contributed by atoms with Crippen LogP contribution >= 0.6 is 11.6 Å². The average molecular weight is 279 g/mol. The lowest BCUT2D eigenvalue weighted by atomic mass is 10.1. The topological polar surface area (TPSA) is 72.9 Å². The van der Waals surface area contributed by atoms with Gasteiger partial charge in [0.15, 0.2) is 0 Å². The number of aryl methyl sites for hydroxylation is 1. The maximum atomic E-state index is 11.9. The van der Waals surface area contributed by atoms with Crippen LogP contribution < -0.4 is 11.1 Å². The minimum absolute atomic E-state index is 0.219. The SMILES string of the molecule is Cn1cc(CCNC(=O)c2cccc(Cl)c2N)cn1. The highest BCUT2D eigenvalue weighted by atomic mass is 35.5. The molecule has 1 heterocycles. The van der Waals surface area contributed by atoms with Crippen LogP contribution in [0.2, 0.25) is 5.02 Å². The monoisotopic (exact) mass is 278 g/mol. The lowest BCUT2D eigenvalue weighted by Crippen LogP contribution is -2.26. The van der Waals surface area contributed by atoms with Crippen molar-refractivity contribution in [1.29, 1.82) is 0 Å².